The number of rotatable bonds is 5. The van der Waals surface area contributed by atoms with Crippen LogP contribution >= 0.6 is 11.3 Å². The molecule has 0 spiro atoms. The van der Waals surface area contributed by atoms with E-state index in [0.717, 1.165) is 27.0 Å². The number of fused-ring (bicyclic) bond motifs is 2. The highest BCUT2D eigenvalue weighted by Gasteiger charge is 2.28. The van der Waals surface area contributed by atoms with Gasteiger partial charge >= 0.3 is 0 Å². The fraction of sp³-hybridized carbons (Fsp3) is 0.250. The minimum absolute atomic E-state index is 0.0291. The van der Waals surface area contributed by atoms with E-state index in [1.165, 1.54) is 6.33 Å². The summed E-state index contributed by atoms with van der Waals surface area (Å²) in [5.41, 5.74) is 6.13. The van der Waals surface area contributed by atoms with Crippen molar-refractivity contribution in [1.82, 2.24) is 24.7 Å². The van der Waals surface area contributed by atoms with E-state index in [2.05, 4.69) is 25.4 Å². The van der Waals surface area contributed by atoms with Gasteiger partial charge in [-0.15, -0.1) is 11.3 Å². The van der Waals surface area contributed by atoms with Crippen LogP contribution in [-0.2, 0) is 11.8 Å². The second kappa shape index (κ2) is 8.62. The fourth-order valence-electron chi connectivity index (χ4n) is 4.13. The molecule has 6 rings (SSSR count). The van der Waals surface area contributed by atoms with Gasteiger partial charge in [-0.25, -0.2) is 19.3 Å². The highest BCUT2D eigenvalue weighted by molar-refractivity contribution is 7.16. The summed E-state index contributed by atoms with van der Waals surface area (Å²) in [4.78, 5) is 13.3. The van der Waals surface area contributed by atoms with E-state index >= 15 is 0 Å². The Bertz CT molecular complexity index is 1490. The molecular formula is C24H21FN6O2S. The topological polar surface area (TPSA) is 87.0 Å². The number of anilines is 2. The monoisotopic (exact) mass is 476 g/mol. The lowest BCUT2D eigenvalue weighted by Crippen LogP contribution is -2.37. The Hall–Kier alpha value is -3.63. The van der Waals surface area contributed by atoms with E-state index in [9.17, 15) is 4.39 Å². The fourth-order valence-corrected chi connectivity index (χ4v) is 4.84. The molecule has 0 bridgehead atoms. The summed E-state index contributed by atoms with van der Waals surface area (Å²) in [6, 6.07) is 9.82. The zero-order valence-corrected chi connectivity index (χ0v) is 19.1. The number of aromatic nitrogens is 5. The number of aryl methyl sites for hydroxylation is 1. The lowest BCUT2D eigenvalue weighted by molar-refractivity contribution is -0.0376. The lowest BCUT2D eigenvalue weighted by Gasteiger charge is -2.27. The summed E-state index contributed by atoms with van der Waals surface area (Å²) < 4.78 is 28.9. The Morgan fingerprint density at radius 1 is 1.15 bits per heavy atom. The van der Waals surface area contributed by atoms with Crippen molar-refractivity contribution in [3.63, 3.8) is 0 Å². The second-order valence-electron chi connectivity index (χ2n) is 8.19. The number of hydrogen-bond donors (Lipinski definition) is 1. The number of thiazole rings is 1. The Labute approximate surface area is 198 Å². The van der Waals surface area contributed by atoms with Gasteiger partial charge < -0.3 is 14.8 Å². The SMILES string of the molecule is Cn1cc(-c2cc(O[C@H]3CCOC[C@H]3F)c3c(Nc4ccc5ncsc5c4)ncnc3c2)cn1. The molecule has 8 nitrogen and oxygen atoms in total. The molecular weight excluding hydrogens is 455 g/mol. The van der Waals surface area contributed by atoms with Crippen molar-refractivity contribution in [3.8, 4) is 16.9 Å². The molecule has 1 aliphatic rings. The van der Waals surface area contributed by atoms with Gasteiger partial charge in [-0.2, -0.15) is 5.10 Å². The van der Waals surface area contributed by atoms with Crippen LogP contribution in [0, 0.1) is 0 Å². The van der Waals surface area contributed by atoms with Crippen molar-refractivity contribution in [2.45, 2.75) is 18.7 Å². The number of alkyl halides is 1. The first-order chi connectivity index (χ1) is 16.6. The van der Waals surface area contributed by atoms with Crippen molar-refractivity contribution < 1.29 is 13.9 Å². The average molecular weight is 477 g/mol. The standard InChI is InChI=1S/C24H21FN6O2S/c1-31-10-15(9-29-31)14-6-19-23(21(7-14)33-20-4-5-32-11-17(20)25)24(27-12-26-19)30-16-2-3-18-22(8-16)34-13-28-18/h2-3,6-10,12-13,17,20H,4-5,11H2,1H3,(H,26,27,30)/t17-,20+/m1/s1. The molecule has 5 aromatic rings. The van der Waals surface area contributed by atoms with Gasteiger partial charge in [0, 0.05) is 30.9 Å². The van der Waals surface area contributed by atoms with Crippen LogP contribution in [0.1, 0.15) is 6.42 Å². The molecule has 1 aliphatic heterocycles. The molecule has 1 fully saturated rings. The minimum atomic E-state index is -1.21. The summed E-state index contributed by atoms with van der Waals surface area (Å²) >= 11 is 1.57. The van der Waals surface area contributed by atoms with Gasteiger partial charge in [0.05, 0.1) is 46.0 Å². The number of benzene rings is 2. The van der Waals surface area contributed by atoms with Gasteiger partial charge in [-0.05, 0) is 35.9 Å². The van der Waals surface area contributed by atoms with Crippen LogP contribution in [0.5, 0.6) is 5.75 Å². The lowest BCUT2D eigenvalue weighted by atomic mass is 10.0. The first-order valence-corrected chi connectivity index (χ1v) is 11.8. The van der Waals surface area contributed by atoms with Crippen LogP contribution in [0.4, 0.5) is 15.9 Å². The first kappa shape index (κ1) is 20.9. The third-order valence-electron chi connectivity index (χ3n) is 5.84. The van der Waals surface area contributed by atoms with E-state index in [1.54, 1.807) is 22.2 Å². The van der Waals surface area contributed by atoms with Crippen molar-refractivity contribution in [2.75, 3.05) is 18.5 Å². The Kier molecular flexibility index (Phi) is 5.31. The van der Waals surface area contributed by atoms with Crippen LogP contribution in [0.25, 0.3) is 32.2 Å². The number of nitrogens with zero attached hydrogens (tertiary/aromatic N) is 5. The third-order valence-corrected chi connectivity index (χ3v) is 6.63. The highest BCUT2D eigenvalue weighted by atomic mass is 32.1. The Morgan fingerprint density at radius 3 is 2.94 bits per heavy atom. The predicted octanol–water partition coefficient (Wildman–Crippen LogP) is 4.89. The van der Waals surface area contributed by atoms with Gasteiger partial charge in [0.2, 0.25) is 0 Å². The molecule has 1 N–H and O–H groups in total. The molecule has 172 valence electrons. The number of ether oxygens (including phenoxy) is 2. The molecule has 3 aromatic heterocycles. The Balaban J connectivity index is 1.46. The molecule has 2 aromatic carbocycles. The second-order valence-corrected chi connectivity index (χ2v) is 9.08. The summed E-state index contributed by atoms with van der Waals surface area (Å²) in [6.45, 7) is 0.489. The van der Waals surface area contributed by atoms with Crippen LogP contribution < -0.4 is 10.1 Å². The minimum Gasteiger partial charge on any atom is -0.486 e. The maximum atomic E-state index is 14.6. The normalized spacial score (nSPS) is 18.4. The van der Waals surface area contributed by atoms with Gasteiger partial charge in [0.1, 0.15) is 24.0 Å². The van der Waals surface area contributed by atoms with E-state index in [4.69, 9.17) is 9.47 Å². The van der Waals surface area contributed by atoms with Gasteiger partial charge in [-0.1, -0.05) is 0 Å². The predicted molar refractivity (Wildman–Crippen MR) is 129 cm³/mol. The molecule has 10 heteroatoms. The maximum Gasteiger partial charge on any atom is 0.160 e. The zero-order valence-electron chi connectivity index (χ0n) is 18.3. The molecule has 0 radical (unpaired) electrons. The summed E-state index contributed by atoms with van der Waals surface area (Å²) in [7, 11) is 1.86. The van der Waals surface area contributed by atoms with Crippen molar-refractivity contribution in [1.29, 1.82) is 0 Å². The molecule has 0 saturated carbocycles. The highest BCUT2D eigenvalue weighted by Crippen LogP contribution is 2.38. The first-order valence-electron chi connectivity index (χ1n) is 10.9. The molecule has 1 saturated heterocycles. The molecule has 34 heavy (non-hydrogen) atoms. The van der Waals surface area contributed by atoms with Crippen LogP contribution in [-0.4, -0.2) is 50.2 Å². The average Bonchev–Trinajstić information content (AvgIpc) is 3.49. The smallest absolute Gasteiger partial charge is 0.160 e. The molecule has 2 atom stereocenters. The van der Waals surface area contributed by atoms with Crippen LogP contribution in [0.3, 0.4) is 0 Å². The largest absolute Gasteiger partial charge is 0.486 e. The molecule has 0 aliphatic carbocycles. The van der Waals surface area contributed by atoms with Crippen LogP contribution in [0.2, 0.25) is 0 Å². The molecule has 0 amide bonds. The van der Waals surface area contributed by atoms with E-state index in [0.29, 0.717) is 35.5 Å². The maximum absolute atomic E-state index is 14.6. The van der Waals surface area contributed by atoms with Gasteiger partial charge in [-0.3, -0.25) is 4.68 Å². The van der Waals surface area contributed by atoms with Gasteiger partial charge in [0.25, 0.3) is 0 Å². The molecule has 4 heterocycles. The van der Waals surface area contributed by atoms with E-state index < -0.39 is 12.3 Å². The van der Waals surface area contributed by atoms with E-state index in [-0.39, 0.29) is 6.61 Å². The Morgan fingerprint density at radius 2 is 2.09 bits per heavy atom. The van der Waals surface area contributed by atoms with Crippen molar-refractivity contribution >= 4 is 44.0 Å². The number of halogens is 1. The van der Waals surface area contributed by atoms with Gasteiger partial charge in [0.15, 0.2) is 6.17 Å². The summed E-state index contributed by atoms with van der Waals surface area (Å²) in [6.07, 6.45) is 3.87. The van der Waals surface area contributed by atoms with Crippen LogP contribution in [0.15, 0.2) is 54.6 Å². The van der Waals surface area contributed by atoms with Crippen molar-refractivity contribution in [2.24, 2.45) is 7.05 Å². The summed E-state index contributed by atoms with van der Waals surface area (Å²) in [5.74, 6) is 1.11. The summed E-state index contributed by atoms with van der Waals surface area (Å²) in [5, 5.41) is 8.36. The molecule has 0 unspecified atom stereocenters. The quantitative estimate of drug-likeness (QED) is 0.386. The van der Waals surface area contributed by atoms with Crippen molar-refractivity contribution in [3.05, 3.63) is 54.6 Å². The number of nitrogens with one attached hydrogen (secondary N) is 1. The van der Waals surface area contributed by atoms with E-state index in [1.807, 2.05) is 49.1 Å². The number of hydrogen-bond acceptors (Lipinski definition) is 8. The third kappa shape index (κ3) is 3.95. The zero-order chi connectivity index (χ0) is 23.1.